The summed E-state index contributed by atoms with van der Waals surface area (Å²) in [6.45, 7) is 6.89. The third-order valence-electron chi connectivity index (χ3n) is 2.62. The summed E-state index contributed by atoms with van der Waals surface area (Å²) >= 11 is 0. The zero-order valence-electron chi connectivity index (χ0n) is 11.8. The van der Waals surface area contributed by atoms with E-state index in [0.29, 0.717) is 5.56 Å². The number of carbonyl (C=O) groups excluding carboxylic acids is 1. The largest absolute Gasteiger partial charge is 0.350 e. The van der Waals surface area contributed by atoms with Gasteiger partial charge in [-0.15, -0.1) is 0 Å². The van der Waals surface area contributed by atoms with E-state index in [1.54, 1.807) is 24.3 Å². The number of carbonyl (C=O) groups is 1. The molecule has 0 fully saturated rings. The van der Waals surface area contributed by atoms with Crippen molar-refractivity contribution >= 4 is 15.7 Å². The molecular formula is C14H21NO3S. The highest BCUT2D eigenvalue weighted by Crippen LogP contribution is 2.12. The van der Waals surface area contributed by atoms with E-state index >= 15 is 0 Å². The predicted octanol–water partition coefficient (Wildman–Crippen LogP) is 1.90. The zero-order valence-corrected chi connectivity index (χ0v) is 12.6. The highest BCUT2D eigenvalue weighted by molar-refractivity contribution is 7.92. The van der Waals surface area contributed by atoms with Crippen molar-refractivity contribution in [2.24, 2.45) is 0 Å². The fraction of sp³-hybridized carbons (Fsp3) is 0.500. The van der Waals surface area contributed by atoms with Gasteiger partial charge in [-0.3, -0.25) is 4.79 Å². The quantitative estimate of drug-likeness (QED) is 0.918. The lowest BCUT2D eigenvalue weighted by Gasteiger charge is -2.23. The van der Waals surface area contributed by atoms with Crippen molar-refractivity contribution in [2.75, 3.05) is 0 Å². The van der Waals surface area contributed by atoms with Crippen LogP contribution in [0.2, 0.25) is 0 Å². The lowest BCUT2D eigenvalue weighted by molar-refractivity contribution is -0.121. The van der Waals surface area contributed by atoms with Crippen LogP contribution in [0.15, 0.2) is 30.3 Å². The Morgan fingerprint density at radius 3 is 2.21 bits per heavy atom. The standard InChI is InChI=1S/C14H21NO3S/c1-11(13(16)15-14(2,3)4)19(17,18)10-12-8-6-5-7-9-12/h5-9,11H,10H2,1-4H3,(H,15,16). The van der Waals surface area contributed by atoms with E-state index in [0.717, 1.165) is 0 Å². The molecule has 5 heteroatoms. The van der Waals surface area contributed by atoms with Crippen molar-refractivity contribution in [1.29, 1.82) is 0 Å². The second-order valence-electron chi connectivity index (χ2n) is 5.67. The molecule has 4 nitrogen and oxygen atoms in total. The van der Waals surface area contributed by atoms with Gasteiger partial charge in [0.15, 0.2) is 9.84 Å². The third-order valence-corrected chi connectivity index (χ3v) is 4.64. The Kier molecular flexibility index (Phi) is 4.74. The lowest BCUT2D eigenvalue weighted by Crippen LogP contribution is -2.47. The number of benzene rings is 1. The SMILES string of the molecule is CC(C(=O)NC(C)(C)C)S(=O)(=O)Cc1ccccc1. The van der Waals surface area contributed by atoms with Crippen LogP contribution in [0.5, 0.6) is 0 Å². The Morgan fingerprint density at radius 1 is 1.21 bits per heavy atom. The van der Waals surface area contributed by atoms with Gasteiger partial charge in [-0.1, -0.05) is 30.3 Å². The van der Waals surface area contributed by atoms with Gasteiger partial charge in [-0.2, -0.15) is 0 Å². The first kappa shape index (κ1) is 15.7. The van der Waals surface area contributed by atoms with Crippen LogP contribution in [-0.2, 0) is 20.4 Å². The second-order valence-corrected chi connectivity index (χ2v) is 8.00. The first-order valence-electron chi connectivity index (χ1n) is 6.19. The number of amides is 1. The Morgan fingerprint density at radius 2 is 1.74 bits per heavy atom. The fourth-order valence-corrected chi connectivity index (χ4v) is 2.86. The van der Waals surface area contributed by atoms with Crippen LogP contribution in [0.3, 0.4) is 0 Å². The number of hydrogen-bond acceptors (Lipinski definition) is 3. The first-order chi connectivity index (χ1) is 8.62. The maximum absolute atomic E-state index is 12.2. The average Bonchev–Trinajstić information content (AvgIpc) is 2.26. The summed E-state index contributed by atoms with van der Waals surface area (Å²) < 4.78 is 24.3. The highest BCUT2D eigenvalue weighted by Gasteiger charge is 2.30. The van der Waals surface area contributed by atoms with E-state index in [1.165, 1.54) is 6.92 Å². The zero-order chi connectivity index (χ0) is 14.7. The number of sulfone groups is 1. The van der Waals surface area contributed by atoms with Gasteiger partial charge in [0.1, 0.15) is 5.25 Å². The summed E-state index contributed by atoms with van der Waals surface area (Å²) in [6, 6.07) is 8.87. The highest BCUT2D eigenvalue weighted by atomic mass is 32.2. The van der Waals surface area contributed by atoms with Gasteiger partial charge < -0.3 is 5.32 Å². The molecule has 0 heterocycles. The molecule has 0 aliphatic carbocycles. The predicted molar refractivity (Wildman–Crippen MR) is 76.4 cm³/mol. The molecule has 106 valence electrons. The lowest BCUT2D eigenvalue weighted by atomic mass is 10.1. The molecule has 0 radical (unpaired) electrons. The van der Waals surface area contributed by atoms with Crippen molar-refractivity contribution < 1.29 is 13.2 Å². The van der Waals surface area contributed by atoms with Crippen LogP contribution in [-0.4, -0.2) is 25.1 Å². The molecule has 0 spiro atoms. The molecule has 1 aromatic rings. The molecule has 1 rings (SSSR count). The number of rotatable bonds is 4. The molecular weight excluding hydrogens is 262 g/mol. The van der Waals surface area contributed by atoms with Crippen molar-refractivity contribution in [3.8, 4) is 0 Å². The molecule has 0 bridgehead atoms. The summed E-state index contributed by atoms with van der Waals surface area (Å²) in [5.74, 6) is -0.574. The van der Waals surface area contributed by atoms with E-state index in [1.807, 2.05) is 26.8 Å². The molecule has 1 unspecified atom stereocenters. The van der Waals surface area contributed by atoms with E-state index in [-0.39, 0.29) is 5.75 Å². The summed E-state index contributed by atoms with van der Waals surface area (Å²) in [5.41, 5.74) is 0.256. The summed E-state index contributed by atoms with van der Waals surface area (Å²) in [5, 5.41) is 1.64. The molecule has 1 amide bonds. The average molecular weight is 283 g/mol. The van der Waals surface area contributed by atoms with Gasteiger partial charge in [0.25, 0.3) is 0 Å². The van der Waals surface area contributed by atoms with Crippen LogP contribution in [0, 0.1) is 0 Å². The minimum atomic E-state index is -3.50. The Balaban J connectivity index is 2.80. The maximum Gasteiger partial charge on any atom is 0.238 e. The molecule has 0 aliphatic heterocycles. The van der Waals surface area contributed by atoms with Gasteiger partial charge in [0.2, 0.25) is 5.91 Å². The summed E-state index contributed by atoms with van der Waals surface area (Å²) in [4.78, 5) is 11.9. The first-order valence-corrected chi connectivity index (χ1v) is 7.91. The molecule has 0 aromatic heterocycles. The van der Waals surface area contributed by atoms with Crippen LogP contribution in [0.25, 0.3) is 0 Å². The summed E-state index contributed by atoms with van der Waals surface area (Å²) in [7, 11) is -3.50. The van der Waals surface area contributed by atoms with Gasteiger partial charge >= 0.3 is 0 Å². The molecule has 0 saturated carbocycles. The Bertz CT molecular complexity index is 530. The smallest absolute Gasteiger partial charge is 0.238 e. The van der Waals surface area contributed by atoms with Crippen molar-refractivity contribution in [1.82, 2.24) is 5.32 Å². The van der Waals surface area contributed by atoms with Gasteiger partial charge in [0, 0.05) is 5.54 Å². The van der Waals surface area contributed by atoms with Crippen molar-refractivity contribution in [2.45, 2.75) is 44.2 Å². The van der Waals surface area contributed by atoms with Crippen LogP contribution >= 0.6 is 0 Å². The third kappa shape index (κ3) is 5.03. The molecule has 1 atom stereocenters. The second kappa shape index (κ2) is 5.74. The fourth-order valence-electron chi connectivity index (χ4n) is 1.57. The molecule has 19 heavy (non-hydrogen) atoms. The van der Waals surface area contributed by atoms with Crippen LogP contribution in [0.1, 0.15) is 33.3 Å². The molecule has 0 saturated heterocycles. The molecule has 1 N–H and O–H groups in total. The maximum atomic E-state index is 12.2. The van der Waals surface area contributed by atoms with E-state index in [9.17, 15) is 13.2 Å². The van der Waals surface area contributed by atoms with E-state index in [4.69, 9.17) is 0 Å². The topological polar surface area (TPSA) is 63.2 Å². The van der Waals surface area contributed by atoms with Gasteiger partial charge in [-0.25, -0.2) is 8.42 Å². The van der Waals surface area contributed by atoms with E-state index in [2.05, 4.69) is 5.32 Å². The molecule has 1 aromatic carbocycles. The Labute approximate surface area is 115 Å². The molecule has 0 aliphatic rings. The minimum absolute atomic E-state index is 0.118. The van der Waals surface area contributed by atoms with Crippen LogP contribution in [0.4, 0.5) is 0 Å². The number of hydrogen-bond donors (Lipinski definition) is 1. The van der Waals surface area contributed by atoms with E-state index < -0.39 is 26.5 Å². The van der Waals surface area contributed by atoms with Gasteiger partial charge in [-0.05, 0) is 33.3 Å². The number of nitrogens with one attached hydrogen (secondary N) is 1. The van der Waals surface area contributed by atoms with Gasteiger partial charge in [0.05, 0.1) is 5.75 Å². The monoisotopic (exact) mass is 283 g/mol. The summed E-state index contributed by atoms with van der Waals surface area (Å²) in [6.07, 6.45) is 0. The Hall–Kier alpha value is -1.36. The van der Waals surface area contributed by atoms with Crippen LogP contribution < -0.4 is 5.32 Å². The minimum Gasteiger partial charge on any atom is -0.350 e. The normalized spacial score (nSPS) is 13.9. The van der Waals surface area contributed by atoms with Crippen molar-refractivity contribution in [3.05, 3.63) is 35.9 Å². The van der Waals surface area contributed by atoms with Crippen molar-refractivity contribution in [3.63, 3.8) is 0 Å².